The fourth-order valence-corrected chi connectivity index (χ4v) is 5.06. The number of carbonyl (C=O) groups is 4. The summed E-state index contributed by atoms with van der Waals surface area (Å²) in [4.78, 5) is 53.6. The number of hydrogen-bond donors (Lipinski definition) is 3. The molecule has 3 N–H and O–H groups in total. The van der Waals surface area contributed by atoms with Gasteiger partial charge in [-0.05, 0) is 39.7 Å². The van der Waals surface area contributed by atoms with Gasteiger partial charge < -0.3 is 9.64 Å². The lowest BCUT2D eigenvalue weighted by atomic mass is 10.0. The van der Waals surface area contributed by atoms with Gasteiger partial charge >= 0.3 is 22.5 Å². The van der Waals surface area contributed by atoms with Gasteiger partial charge in [-0.3, -0.25) is 34.6 Å². The number of rotatable bonds is 5. The van der Waals surface area contributed by atoms with Gasteiger partial charge in [-0.15, -0.1) is 4.28 Å². The standard InChI is InChI=1S/C20H29N7O9S/c1-20(2,3)35-19(31)25-11-13(26-8-4-7-21-26)9-15(25)17(29)23-22-16(28)14-6-5-12-10-24(14)18(30)27(12)36-37(32,33)34/h4,7-8,12-15H,5-6,9-11H2,1-3H3,(H,22,28)(H,23,29)(H,32,33,34)/t12-,13-,14+,15+/m1/s1. The first-order valence-corrected chi connectivity index (χ1v) is 13.0. The number of amides is 5. The van der Waals surface area contributed by atoms with Gasteiger partial charge in [0, 0.05) is 31.9 Å². The van der Waals surface area contributed by atoms with Gasteiger partial charge in [0.25, 0.3) is 11.8 Å². The fourth-order valence-electron chi connectivity index (χ4n) is 4.67. The molecular weight excluding hydrogens is 514 g/mol. The van der Waals surface area contributed by atoms with E-state index in [1.54, 1.807) is 43.9 Å². The Morgan fingerprint density at radius 1 is 1.08 bits per heavy atom. The summed E-state index contributed by atoms with van der Waals surface area (Å²) < 4.78 is 42.4. The fraction of sp³-hybridized carbons (Fsp3) is 0.650. The lowest BCUT2D eigenvalue weighted by molar-refractivity contribution is -0.133. The van der Waals surface area contributed by atoms with Crippen molar-refractivity contribution in [2.24, 2.45) is 0 Å². The Balaban J connectivity index is 1.40. The van der Waals surface area contributed by atoms with E-state index in [0.29, 0.717) is 5.06 Å². The summed E-state index contributed by atoms with van der Waals surface area (Å²) in [6.45, 7) is 5.28. The summed E-state index contributed by atoms with van der Waals surface area (Å²) in [6.07, 6.45) is 3.23. The van der Waals surface area contributed by atoms with Crippen molar-refractivity contribution in [3.05, 3.63) is 18.5 Å². The highest BCUT2D eigenvalue weighted by Gasteiger charge is 2.49. The van der Waals surface area contributed by atoms with Crippen molar-refractivity contribution in [2.75, 3.05) is 13.1 Å². The van der Waals surface area contributed by atoms with Gasteiger partial charge in [-0.25, -0.2) is 9.59 Å². The van der Waals surface area contributed by atoms with E-state index in [2.05, 4.69) is 20.2 Å². The zero-order valence-corrected chi connectivity index (χ0v) is 21.3. The maximum absolute atomic E-state index is 13.1. The number of nitrogens with zero attached hydrogens (tertiary/aromatic N) is 5. The van der Waals surface area contributed by atoms with Crippen LogP contribution in [-0.2, 0) is 29.0 Å². The number of likely N-dealkylation sites (tertiary alicyclic amines) is 1. The van der Waals surface area contributed by atoms with Crippen molar-refractivity contribution >= 4 is 34.3 Å². The summed E-state index contributed by atoms with van der Waals surface area (Å²) in [7, 11) is -4.92. The predicted molar refractivity (Wildman–Crippen MR) is 122 cm³/mol. The lowest BCUT2D eigenvalue weighted by Crippen LogP contribution is -2.57. The quantitative estimate of drug-likeness (QED) is 0.325. The van der Waals surface area contributed by atoms with Crippen LogP contribution in [-0.4, -0.2) is 98.4 Å². The summed E-state index contributed by atoms with van der Waals surface area (Å²) >= 11 is 0. The van der Waals surface area contributed by atoms with E-state index in [1.807, 2.05) is 0 Å². The van der Waals surface area contributed by atoms with Crippen molar-refractivity contribution in [2.45, 2.75) is 69.8 Å². The minimum Gasteiger partial charge on any atom is -0.444 e. The van der Waals surface area contributed by atoms with E-state index < -0.39 is 58.1 Å². The van der Waals surface area contributed by atoms with E-state index in [9.17, 15) is 27.6 Å². The second kappa shape index (κ2) is 9.79. The molecule has 1 aromatic rings. The highest BCUT2D eigenvalue weighted by atomic mass is 32.3. The molecule has 5 amide bonds. The molecule has 4 heterocycles. The Kier molecular flexibility index (Phi) is 7.04. The first-order valence-electron chi connectivity index (χ1n) is 11.6. The van der Waals surface area contributed by atoms with Gasteiger partial charge in [-0.2, -0.15) is 18.6 Å². The molecule has 17 heteroatoms. The summed E-state index contributed by atoms with van der Waals surface area (Å²) in [5, 5.41) is 4.71. The minimum absolute atomic E-state index is 0.000976. The highest BCUT2D eigenvalue weighted by molar-refractivity contribution is 7.80. The molecule has 1 aromatic heterocycles. The van der Waals surface area contributed by atoms with Gasteiger partial charge in [0.2, 0.25) is 0 Å². The molecule has 0 radical (unpaired) electrons. The number of piperidine rings is 1. The van der Waals surface area contributed by atoms with Crippen LogP contribution >= 0.6 is 0 Å². The number of nitrogens with one attached hydrogen (secondary N) is 2. The number of carbonyl (C=O) groups excluding carboxylic acids is 4. The van der Waals surface area contributed by atoms with Gasteiger partial charge in [-0.1, -0.05) is 0 Å². The Bertz CT molecular complexity index is 1170. The smallest absolute Gasteiger partial charge is 0.418 e. The van der Waals surface area contributed by atoms with Crippen molar-refractivity contribution in [1.29, 1.82) is 0 Å². The number of hydrogen-bond acceptors (Lipinski definition) is 9. The third kappa shape index (κ3) is 5.94. The summed E-state index contributed by atoms with van der Waals surface area (Å²) in [5.41, 5.74) is 3.83. The molecule has 3 fully saturated rings. The molecule has 4 rings (SSSR count). The predicted octanol–water partition coefficient (Wildman–Crippen LogP) is -0.416. The Hall–Kier alpha value is -3.44. The van der Waals surface area contributed by atoms with Crippen LogP contribution in [0.15, 0.2) is 18.5 Å². The molecule has 4 atom stereocenters. The molecule has 3 aliphatic rings. The summed E-state index contributed by atoms with van der Waals surface area (Å²) in [6, 6.07) is -2.11. The van der Waals surface area contributed by atoms with Crippen molar-refractivity contribution in [1.82, 2.24) is 35.5 Å². The lowest BCUT2D eigenvalue weighted by Gasteiger charge is -2.30. The first kappa shape index (κ1) is 26.6. The number of hydroxylamine groups is 2. The van der Waals surface area contributed by atoms with Crippen LogP contribution in [0.2, 0.25) is 0 Å². The van der Waals surface area contributed by atoms with E-state index in [-0.39, 0.29) is 38.4 Å². The van der Waals surface area contributed by atoms with Crippen LogP contribution in [0.4, 0.5) is 9.59 Å². The minimum atomic E-state index is -4.92. The third-order valence-corrected chi connectivity index (χ3v) is 6.57. The zero-order valence-electron chi connectivity index (χ0n) is 20.4. The molecule has 3 aliphatic heterocycles. The number of fused-ring (bicyclic) bond motifs is 2. The van der Waals surface area contributed by atoms with Crippen molar-refractivity contribution < 1.29 is 41.2 Å². The molecule has 0 spiro atoms. The van der Waals surface area contributed by atoms with E-state index >= 15 is 0 Å². The molecule has 0 saturated carbocycles. The molecule has 0 unspecified atom stereocenters. The number of ether oxygens (including phenoxy) is 1. The SMILES string of the molecule is CC(C)(C)OC(=O)N1C[C@H](n2cccn2)C[C@H]1C(=O)NNC(=O)[C@@H]1CC[C@@H]2CN1C(=O)N2OS(=O)(=O)O. The third-order valence-electron chi connectivity index (χ3n) is 6.22. The Morgan fingerprint density at radius 3 is 2.35 bits per heavy atom. The Labute approximate surface area is 212 Å². The zero-order chi connectivity index (χ0) is 27.1. The Morgan fingerprint density at radius 2 is 1.76 bits per heavy atom. The van der Waals surface area contributed by atoms with Crippen LogP contribution in [0.25, 0.3) is 0 Å². The topological polar surface area (TPSA) is 193 Å². The average Bonchev–Trinajstić information content (AvgIpc) is 3.52. The van der Waals surface area contributed by atoms with Crippen LogP contribution in [0, 0.1) is 0 Å². The normalized spacial score (nSPS) is 25.8. The van der Waals surface area contributed by atoms with Crippen LogP contribution in [0.1, 0.15) is 46.1 Å². The van der Waals surface area contributed by atoms with Gasteiger partial charge in [0.1, 0.15) is 17.7 Å². The first-order chi connectivity index (χ1) is 17.2. The second-order valence-electron chi connectivity index (χ2n) is 10.0. The molecular formula is C20H29N7O9S. The molecule has 37 heavy (non-hydrogen) atoms. The number of aromatic nitrogens is 2. The van der Waals surface area contributed by atoms with Crippen LogP contribution in [0.3, 0.4) is 0 Å². The molecule has 0 aliphatic carbocycles. The highest BCUT2D eigenvalue weighted by Crippen LogP contribution is 2.31. The van der Waals surface area contributed by atoms with Gasteiger partial charge in [0.05, 0.1) is 12.1 Å². The van der Waals surface area contributed by atoms with E-state index in [4.69, 9.17) is 9.29 Å². The van der Waals surface area contributed by atoms with Crippen molar-refractivity contribution in [3.8, 4) is 0 Å². The maximum Gasteiger partial charge on any atom is 0.418 e. The molecule has 16 nitrogen and oxygen atoms in total. The average molecular weight is 544 g/mol. The monoisotopic (exact) mass is 543 g/mol. The molecule has 204 valence electrons. The van der Waals surface area contributed by atoms with Gasteiger partial charge in [0.15, 0.2) is 0 Å². The molecule has 3 saturated heterocycles. The number of urea groups is 1. The summed E-state index contributed by atoms with van der Waals surface area (Å²) in [5.74, 6) is -1.37. The van der Waals surface area contributed by atoms with Crippen LogP contribution in [0.5, 0.6) is 0 Å². The second-order valence-corrected chi connectivity index (χ2v) is 11.0. The largest absolute Gasteiger partial charge is 0.444 e. The van der Waals surface area contributed by atoms with E-state index in [0.717, 1.165) is 4.90 Å². The molecule has 2 bridgehead atoms. The number of hydrazine groups is 1. The molecule has 0 aromatic carbocycles. The van der Waals surface area contributed by atoms with Crippen molar-refractivity contribution in [3.63, 3.8) is 0 Å². The van der Waals surface area contributed by atoms with Crippen LogP contribution < -0.4 is 10.9 Å². The van der Waals surface area contributed by atoms with E-state index in [1.165, 1.54) is 4.90 Å². The maximum atomic E-state index is 13.1.